The van der Waals surface area contributed by atoms with Crippen molar-refractivity contribution in [3.63, 3.8) is 0 Å². The van der Waals surface area contributed by atoms with Crippen LogP contribution in [0.1, 0.15) is 41.0 Å². The van der Waals surface area contributed by atoms with Crippen molar-refractivity contribution in [1.29, 1.82) is 0 Å². The first-order valence-corrected chi connectivity index (χ1v) is 8.90. The molecule has 0 fully saturated rings. The molecule has 0 saturated carbocycles. The van der Waals surface area contributed by atoms with Crippen molar-refractivity contribution in [2.24, 2.45) is 0 Å². The lowest BCUT2D eigenvalue weighted by Crippen LogP contribution is -2.38. The highest BCUT2D eigenvalue weighted by Crippen LogP contribution is 2.19. The fourth-order valence-corrected chi connectivity index (χ4v) is 2.40. The summed E-state index contributed by atoms with van der Waals surface area (Å²) in [7, 11) is 0. The average molecular weight is 386 g/mol. The fraction of sp³-hybridized carbons (Fsp3) is 0.647. The summed E-state index contributed by atoms with van der Waals surface area (Å²) in [6, 6.07) is 3.70. The van der Waals surface area contributed by atoms with Crippen molar-refractivity contribution in [1.82, 2.24) is 9.88 Å². The van der Waals surface area contributed by atoms with E-state index in [1.165, 1.54) is 0 Å². The molecule has 130 valence electrons. The van der Waals surface area contributed by atoms with Gasteiger partial charge in [-0.05, 0) is 74.9 Å². The molecule has 5 nitrogen and oxygen atoms in total. The summed E-state index contributed by atoms with van der Waals surface area (Å²) in [5.41, 5.74) is 0.235. The van der Waals surface area contributed by atoms with Gasteiger partial charge in [0.2, 0.25) is 0 Å². The molecule has 1 aromatic rings. The van der Waals surface area contributed by atoms with Gasteiger partial charge in [-0.15, -0.1) is 0 Å². The highest BCUT2D eigenvalue weighted by molar-refractivity contribution is 9.10. The largest absolute Gasteiger partial charge is 0.443 e. The molecule has 0 radical (unpaired) electrons. The maximum atomic E-state index is 12.5. The van der Waals surface area contributed by atoms with Crippen LogP contribution in [0.3, 0.4) is 0 Å². The van der Waals surface area contributed by atoms with E-state index in [9.17, 15) is 4.79 Å². The van der Waals surface area contributed by atoms with Gasteiger partial charge in [-0.25, -0.2) is 9.78 Å². The Kier molecular flexibility index (Phi) is 7.99. The topological polar surface area (TPSA) is 45.7 Å². The molecule has 1 heterocycles. The minimum absolute atomic E-state index is 0.332. The predicted molar refractivity (Wildman–Crippen MR) is 97.9 cm³/mol. The summed E-state index contributed by atoms with van der Waals surface area (Å²) in [6.07, 6.45) is 2.24. The molecule has 1 rings (SSSR count). The van der Waals surface area contributed by atoms with Gasteiger partial charge < -0.3 is 9.64 Å². The lowest BCUT2D eigenvalue weighted by atomic mass is 10.2. The Hall–Kier alpha value is -1.14. The van der Waals surface area contributed by atoms with E-state index in [0.717, 1.165) is 36.3 Å². The van der Waals surface area contributed by atoms with Crippen molar-refractivity contribution in [2.45, 2.75) is 46.6 Å². The van der Waals surface area contributed by atoms with Crippen LogP contribution in [-0.4, -0.2) is 47.8 Å². The number of hydrogen-bond donors (Lipinski definition) is 0. The number of aromatic nitrogens is 1. The Labute approximate surface area is 148 Å². The van der Waals surface area contributed by atoms with Gasteiger partial charge >= 0.3 is 6.09 Å². The summed E-state index contributed by atoms with van der Waals surface area (Å²) in [5.74, 6) is 0. The number of amides is 1. The minimum atomic E-state index is -0.517. The fourth-order valence-electron chi connectivity index (χ4n) is 2.16. The number of halogens is 1. The molecule has 1 aromatic heterocycles. The molecule has 0 atom stereocenters. The van der Waals surface area contributed by atoms with Gasteiger partial charge in [0.1, 0.15) is 10.2 Å². The lowest BCUT2D eigenvalue weighted by Gasteiger charge is -2.28. The molecule has 23 heavy (non-hydrogen) atoms. The molecule has 0 N–H and O–H groups in total. The second-order valence-electron chi connectivity index (χ2n) is 6.35. The summed E-state index contributed by atoms with van der Waals surface area (Å²) >= 11 is 3.32. The highest BCUT2D eigenvalue weighted by atomic mass is 79.9. The monoisotopic (exact) mass is 385 g/mol. The highest BCUT2D eigenvalue weighted by Gasteiger charge is 2.23. The molecular weight excluding hydrogens is 358 g/mol. The van der Waals surface area contributed by atoms with Crippen molar-refractivity contribution < 1.29 is 9.53 Å². The van der Waals surface area contributed by atoms with Crippen LogP contribution in [0.2, 0.25) is 0 Å². The zero-order chi connectivity index (χ0) is 17.5. The lowest BCUT2D eigenvalue weighted by molar-refractivity contribution is 0.0579. The third kappa shape index (κ3) is 7.31. The number of carbonyl (C=O) groups is 1. The molecule has 0 spiro atoms. The Morgan fingerprint density at radius 1 is 1.22 bits per heavy atom. The van der Waals surface area contributed by atoms with E-state index < -0.39 is 5.60 Å². The summed E-state index contributed by atoms with van der Waals surface area (Å²) < 4.78 is 6.27. The van der Waals surface area contributed by atoms with E-state index in [2.05, 4.69) is 39.7 Å². The Balaban J connectivity index is 2.80. The third-order valence-electron chi connectivity index (χ3n) is 3.39. The first-order chi connectivity index (χ1) is 10.8. The van der Waals surface area contributed by atoms with Crippen LogP contribution in [0.25, 0.3) is 0 Å². The number of carbonyl (C=O) groups excluding carboxylic acids is 1. The predicted octanol–water partition coefficient (Wildman–Crippen LogP) is 4.32. The van der Waals surface area contributed by atoms with E-state index >= 15 is 0 Å². The van der Waals surface area contributed by atoms with Gasteiger partial charge in [-0.2, -0.15) is 0 Å². The number of pyridine rings is 1. The maximum Gasteiger partial charge on any atom is 0.414 e. The Morgan fingerprint density at radius 2 is 1.87 bits per heavy atom. The van der Waals surface area contributed by atoms with E-state index in [0.29, 0.717) is 6.54 Å². The molecule has 0 unspecified atom stereocenters. The van der Waals surface area contributed by atoms with Crippen LogP contribution in [0.4, 0.5) is 10.5 Å². The number of ether oxygens (including phenoxy) is 1. The van der Waals surface area contributed by atoms with Crippen LogP contribution in [0.15, 0.2) is 22.9 Å². The molecule has 0 aromatic carbocycles. The third-order valence-corrected chi connectivity index (χ3v) is 3.86. The second kappa shape index (κ2) is 9.23. The molecule has 6 heteroatoms. The summed E-state index contributed by atoms with van der Waals surface area (Å²) in [6.45, 7) is 13.5. The Bertz CT molecular complexity index is 482. The van der Waals surface area contributed by atoms with Crippen molar-refractivity contribution in [3.05, 3.63) is 22.9 Å². The normalized spacial score (nSPS) is 11.6. The zero-order valence-electron chi connectivity index (χ0n) is 14.8. The van der Waals surface area contributed by atoms with Gasteiger partial charge in [0.05, 0.1) is 11.9 Å². The van der Waals surface area contributed by atoms with Crippen molar-refractivity contribution in [3.8, 4) is 0 Å². The quantitative estimate of drug-likeness (QED) is 0.655. The van der Waals surface area contributed by atoms with Crippen molar-refractivity contribution >= 4 is 27.7 Å². The molecule has 0 aliphatic rings. The van der Waals surface area contributed by atoms with Crippen molar-refractivity contribution in [2.75, 3.05) is 31.1 Å². The zero-order valence-corrected chi connectivity index (χ0v) is 16.4. The molecule has 0 bridgehead atoms. The molecule has 1 amide bonds. The van der Waals surface area contributed by atoms with Crippen LogP contribution in [0, 0.1) is 0 Å². The first-order valence-electron chi connectivity index (χ1n) is 8.11. The number of anilines is 1. The standard InChI is InChI=1S/C17H28BrN3O2/c1-6-20(7-2)11-8-12-21(16(22)23-17(3,4)5)14-9-10-15(18)19-13-14/h9-10,13H,6-8,11-12H2,1-5H3. The number of rotatable bonds is 7. The van der Waals surface area contributed by atoms with E-state index in [-0.39, 0.29) is 6.09 Å². The van der Waals surface area contributed by atoms with E-state index in [1.807, 2.05) is 32.9 Å². The minimum Gasteiger partial charge on any atom is -0.443 e. The first kappa shape index (κ1) is 19.9. The van der Waals surface area contributed by atoms with Crippen LogP contribution < -0.4 is 4.90 Å². The van der Waals surface area contributed by atoms with Crippen LogP contribution >= 0.6 is 15.9 Å². The second-order valence-corrected chi connectivity index (χ2v) is 7.16. The van der Waals surface area contributed by atoms with Gasteiger partial charge in [-0.1, -0.05) is 13.8 Å². The molecule has 0 aliphatic heterocycles. The number of hydrogen-bond acceptors (Lipinski definition) is 4. The average Bonchev–Trinajstić information content (AvgIpc) is 2.47. The molecule has 0 saturated heterocycles. The van der Waals surface area contributed by atoms with Crippen LogP contribution in [0.5, 0.6) is 0 Å². The molecular formula is C17H28BrN3O2. The van der Waals surface area contributed by atoms with Gasteiger partial charge in [0.15, 0.2) is 0 Å². The van der Waals surface area contributed by atoms with Gasteiger partial charge in [0.25, 0.3) is 0 Å². The Morgan fingerprint density at radius 3 is 2.35 bits per heavy atom. The smallest absolute Gasteiger partial charge is 0.414 e. The summed E-state index contributed by atoms with van der Waals surface area (Å²) in [4.78, 5) is 20.7. The van der Waals surface area contributed by atoms with E-state index in [4.69, 9.17) is 4.74 Å². The summed E-state index contributed by atoms with van der Waals surface area (Å²) in [5, 5.41) is 0. The van der Waals surface area contributed by atoms with Crippen LogP contribution in [-0.2, 0) is 4.74 Å². The number of nitrogens with zero attached hydrogens (tertiary/aromatic N) is 3. The maximum absolute atomic E-state index is 12.5. The molecule has 0 aliphatic carbocycles. The van der Waals surface area contributed by atoms with Gasteiger partial charge in [0, 0.05) is 6.54 Å². The van der Waals surface area contributed by atoms with E-state index in [1.54, 1.807) is 11.1 Å². The SMILES string of the molecule is CCN(CC)CCCN(C(=O)OC(C)(C)C)c1ccc(Br)nc1. The van der Waals surface area contributed by atoms with Gasteiger partial charge in [-0.3, -0.25) is 4.90 Å².